The van der Waals surface area contributed by atoms with Gasteiger partial charge in [0.05, 0.1) is 10.7 Å². The van der Waals surface area contributed by atoms with E-state index in [2.05, 4.69) is 21.2 Å². The lowest BCUT2D eigenvalue weighted by Gasteiger charge is -2.30. The van der Waals surface area contributed by atoms with E-state index in [1.54, 1.807) is 35.7 Å². The molecule has 2 aromatic rings. The normalized spacial score (nSPS) is 16.7. The van der Waals surface area contributed by atoms with Gasteiger partial charge in [-0.2, -0.15) is 4.31 Å². The monoisotopic (exact) mass is 462 g/mol. The third kappa shape index (κ3) is 4.25. The number of nitrogens with zero attached hydrogens (tertiary/aromatic N) is 1. The van der Waals surface area contributed by atoms with Gasteiger partial charge in [0.1, 0.15) is 4.21 Å². The minimum atomic E-state index is -3.44. The Morgan fingerprint density at radius 2 is 2.00 bits per heavy atom. The molecule has 0 saturated carbocycles. The van der Waals surface area contributed by atoms with Crippen molar-refractivity contribution in [3.63, 3.8) is 0 Å². The minimum absolute atomic E-state index is 0.127. The molecule has 25 heavy (non-hydrogen) atoms. The molecule has 2 heterocycles. The van der Waals surface area contributed by atoms with E-state index in [9.17, 15) is 13.2 Å². The van der Waals surface area contributed by atoms with Crippen LogP contribution in [0.15, 0.2) is 44.4 Å². The molecule has 0 bridgehead atoms. The molecule has 0 atom stereocenters. The lowest BCUT2D eigenvalue weighted by molar-refractivity contribution is -0.120. The number of rotatable bonds is 4. The number of thiophene rings is 1. The Labute approximate surface area is 164 Å². The van der Waals surface area contributed by atoms with Gasteiger partial charge in [0.2, 0.25) is 5.91 Å². The molecule has 0 aliphatic carbocycles. The third-order valence-corrected chi connectivity index (χ3v) is 8.18. The number of sulfonamides is 1. The molecule has 1 N–H and O–H groups in total. The highest BCUT2D eigenvalue weighted by atomic mass is 79.9. The van der Waals surface area contributed by atoms with Crippen molar-refractivity contribution in [1.29, 1.82) is 0 Å². The topological polar surface area (TPSA) is 66.5 Å². The number of halogens is 2. The summed E-state index contributed by atoms with van der Waals surface area (Å²) < 4.78 is 27.6. The maximum Gasteiger partial charge on any atom is 0.252 e. The van der Waals surface area contributed by atoms with Crippen LogP contribution >= 0.6 is 38.9 Å². The zero-order valence-electron chi connectivity index (χ0n) is 13.1. The van der Waals surface area contributed by atoms with Gasteiger partial charge in [-0.1, -0.05) is 33.6 Å². The molecule has 5 nitrogen and oxygen atoms in total. The van der Waals surface area contributed by atoms with E-state index in [4.69, 9.17) is 11.6 Å². The third-order valence-electron chi connectivity index (χ3n) is 4.10. The van der Waals surface area contributed by atoms with E-state index in [1.165, 1.54) is 15.6 Å². The Kier molecular flexibility index (Phi) is 5.85. The molecule has 1 aromatic heterocycles. The average molecular weight is 464 g/mol. The van der Waals surface area contributed by atoms with Gasteiger partial charge >= 0.3 is 0 Å². The summed E-state index contributed by atoms with van der Waals surface area (Å²) in [6, 6.07) is 8.58. The molecule has 134 valence electrons. The van der Waals surface area contributed by atoms with Crippen LogP contribution in [-0.4, -0.2) is 31.7 Å². The van der Waals surface area contributed by atoms with Gasteiger partial charge in [0.25, 0.3) is 10.0 Å². The predicted octanol–water partition coefficient (Wildman–Crippen LogP) is 4.20. The summed E-state index contributed by atoms with van der Waals surface area (Å²) in [7, 11) is -3.44. The SMILES string of the molecule is O=C(Nc1ccc(Br)cc1Cl)C1CCN(S(=O)(=O)c2cccs2)CC1. The van der Waals surface area contributed by atoms with Crippen LogP contribution < -0.4 is 5.32 Å². The van der Waals surface area contributed by atoms with Crippen molar-refractivity contribution in [1.82, 2.24) is 4.31 Å². The van der Waals surface area contributed by atoms with Crippen LogP contribution in [0.25, 0.3) is 0 Å². The van der Waals surface area contributed by atoms with Crippen LogP contribution in [0, 0.1) is 5.92 Å². The standard InChI is InChI=1S/C16H16BrClN2O3S2/c17-12-3-4-14(13(18)10-12)19-16(21)11-5-7-20(8-6-11)25(22,23)15-2-1-9-24-15/h1-4,9-11H,5-8H2,(H,19,21). The lowest BCUT2D eigenvalue weighted by atomic mass is 9.97. The number of benzene rings is 1. The van der Waals surface area contributed by atoms with Crippen molar-refractivity contribution in [2.75, 3.05) is 18.4 Å². The molecular weight excluding hydrogens is 448 g/mol. The summed E-state index contributed by atoms with van der Waals surface area (Å²) in [5.74, 6) is -0.355. The van der Waals surface area contributed by atoms with Crippen molar-refractivity contribution in [3.05, 3.63) is 45.2 Å². The smallest absolute Gasteiger partial charge is 0.252 e. The average Bonchev–Trinajstić information content (AvgIpc) is 3.13. The Morgan fingerprint density at radius 3 is 2.60 bits per heavy atom. The van der Waals surface area contributed by atoms with Gasteiger partial charge < -0.3 is 5.32 Å². The van der Waals surface area contributed by atoms with Crippen molar-refractivity contribution >= 4 is 60.5 Å². The number of piperidine rings is 1. The second kappa shape index (κ2) is 7.75. The molecule has 1 saturated heterocycles. The van der Waals surface area contributed by atoms with Gasteiger partial charge in [0.15, 0.2) is 0 Å². The van der Waals surface area contributed by atoms with Crippen molar-refractivity contribution in [3.8, 4) is 0 Å². The van der Waals surface area contributed by atoms with E-state index in [0.717, 1.165) is 4.47 Å². The van der Waals surface area contributed by atoms with Gasteiger partial charge in [0, 0.05) is 23.5 Å². The molecule has 0 spiro atoms. The fourth-order valence-electron chi connectivity index (χ4n) is 2.72. The van der Waals surface area contributed by atoms with Crippen LogP contribution in [0.5, 0.6) is 0 Å². The maximum atomic E-state index is 12.5. The summed E-state index contributed by atoms with van der Waals surface area (Å²) in [6.45, 7) is 0.679. The predicted molar refractivity (Wildman–Crippen MR) is 104 cm³/mol. The highest BCUT2D eigenvalue weighted by Gasteiger charge is 2.32. The Balaban J connectivity index is 1.61. The van der Waals surface area contributed by atoms with Crippen LogP contribution in [-0.2, 0) is 14.8 Å². The van der Waals surface area contributed by atoms with E-state index in [1.807, 2.05) is 0 Å². The molecule has 9 heteroatoms. The van der Waals surface area contributed by atoms with E-state index < -0.39 is 10.0 Å². The van der Waals surface area contributed by atoms with Crippen molar-refractivity contribution in [2.45, 2.75) is 17.1 Å². The summed E-state index contributed by atoms with van der Waals surface area (Å²) >= 11 is 10.7. The highest BCUT2D eigenvalue weighted by molar-refractivity contribution is 9.10. The summed E-state index contributed by atoms with van der Waals surface area (Å²) in [5.41, 5.74) is 0.559. The van der Waals surface area contributed by atoms with Gasteiger partial charge in [-0.25, -0.2) is 8.42 Å². The number of nitrogens with one attached hydrogen (secondary N) is 1. The first-order valence-electron chi connectivity index (χ1n) is 7.67. The van der Waals surface area contributed by atoms with E-state index in [-0.39, 0.29) is 11.8 Å². The fraction of sp³-hybridized carbons (Fsp3) is 0.312. The van der Waals surface area contributed by atoms with Gasteiger partial charge in [-0.05, 0) is 42.5 Å². The van der Waals surface area contributed by atoms with E-state index in [0.29, 0.717) is 40.9 Å². The molecule has 1 aromatic carbocycles. The lowest BCUT2D eigenvalue weighted by Crippen LogP contribution is -2.41. The maximum absolute atomic E-state index is 12.5. The zero-order chi connectivity index (χ0) is 18.0. The van der Waals surface area contributed by atoms with E-state index >= 15 is 0 Å². The Hall–Kier alpha value is -0.930. The number of anilines is 1. The number of carbonyl (C=O) groups is 1. The first-order chi connectivity index (χ1) is 11.9. The Morgan fingerprint density at radius 1 is 1.28 bits per heavy atom. The number of hydrogen-bond donors (Lipinski definition) is 1. The molecular formula is C16H16BrClN2O3S2. The second-order valence-corrected chi connectivity index (χ2v) is 10.2. The van der Waals surface area contributed by atoms with Crippen LogP contribution in [0.3, 0.4) is 0 Å². The molecule has 0 unspecified atom stereocenters. The number of hydrogen-bond acceptors (Lipinski definition) is 4. The summed E-state index contributed by atoms with van der Waals surface area (Å²) in [5, 5.41) is 5.03. The van der Waals surface area contributed by atoms with Gasteiger partial charge in [-0.3, -0.25) is 4.79 Å². The van der Waals surface area contributed by atoms with Crippen LogP contribution in [0.2, 0.25) is 5.02 Å². The van der Waals surface area contributed by atoms with Crippen molar-refractivity contribution in [2.24, 2.45) is 5.92 Å². The highest BCUT2D eigenvalue weighted by Crippen LogP contribution is 2.29. The largest absolute Gasteiger partial charge is 0.325 e. The molecule has 0 radical (unpaired) electrons. The first kappa shape index (κ1) is 18.8. The summed E-state index contributed by atoms with van der Waals surface area (Å²) in [6.07, 6.45) is 0.981. The Bertz CT molecular complexity index is 864. The number of carbonyl (C=O) groups excluding carboxylic acids is 1. The summed E-state index contributed by atoms with van der Waals surface area (Å²) in [4.78, 5) is 12.4. The fourth-order valence-corrected chi connectivity index (χ4v) is 6.06. The zero-order valence-corrected chi connectivity index (χ0v) is 17.1. The van der Waals surface area contributed by atoms with Crippen molar-refractivity contribution < 1.29 is 13.2 Å². The van der Waals surface area contributed by atoms with Gasteiger partial charge in [-0.15, -0.1) is 11.3 Å². The quantitative estimate of drug-likeness (QED) is 0.739. The molecule has 1 aliphatic rings. The second-order valence-electron chi connectivity index (χ2n) is 5.72. The molecule has 3 rings (SSSR count). The molecule has 1 aliphatic heterocycles. The molecule has 1 amide bonds. The minimum Gasteiger partial charge on any atom is -0.325 e. The van der Waals surface area contributed by atoms with Crippen LogP contribution in [0.4, 0.5) is 5.69 Å². The first-order valence-corrected chi connectivity index (χ1v) is 11.2. The van der Waals surface area contributed by atoms with Crippen LogP contribution in [0.1, 0.15) is 12.8 Å². The molecule has 1 fully saturated rings. The number of amides is 1.